The van der Waals surface area contributed by atoms with E-state index in [9.17, 15) is 22.8 Å². The molecule has 2 heterocycles. The summed E-state index contributed by atoms with van der Waals surface area (Å²) in [6.45, 7) is 7.45. The maximum Gasteiger partial charge on any atom is 0.332 e. The van der Waals surface area contributed by atoms with Gasteiger partial charge in [-0.05, 0) is 38.3 Å². The van der Waals surface area contributed by atoms with Crippen molar-refractivity contribution in [1.29, 1.82) is 0 Å². The van der Waals surface area contributed by atoms with Crippen molar-refractivity contribution >= 4 is 33.4 Å². The highest BCUT2D eigenvalue weighted by Crippen LogP contribution is 2.27. The van der Waals surface area contributed by atoms with E-state index in [-0.39, 0.29) is 24.0 Å². The highest BCUT2D eigenvalue weighted by molar-refractivity contribution is 7.91. The lowest BCUT2D eigenvalue weighted by Crippen LogP contribution is -2.49. The van der Waals surface area contributed by atoms with Gasteiger partial charge in [0.2, 0.25) is 5.91 Å². The van der Waals surface area contributed by atoms with Crippen LogP contribution in [-0.4, -0.2) is 72.7 Å². The third kappa shape index (κ3) is 4.50. The zero-order valence-electron chi connectivity index (χ0n) is 17.9. The van der Waals surface area contributed by atoms with Crippen molar-refractivity contribution in [3.63, 3.8) is 0 Å². The van der Waals surface area contributed by atoms with Gasteiger partial charge < -0.3 is 4.90 Å². The fraction of sp³-hybridized carbons (Fsp3) is 0.571. The van der Waals surface area contributed by atoms with E-state index in [0.717, 1.165) is 10.5 Å². The quantitative estimate of drug-likeness (QED) is 0.635. The van der Waals surface area contributed by atoms with Crippen molar-refractivity contribution in [3.8, 4) is 0 Å². The first-order chi connectivity index (χ1) is 14.0. The number of carbonyl (C=O) groups excluding carboxylic acids is 3. The molecule has 9 heteroatoms. The lowest BCUT2D eigenvalue weighted by atomic mass is 10.1. The molecule has 2 aliphatic heterocycles. The summed E-state index contributed by atoms with van der Waals surface area (Å²) in [7, 11) is -3.17. The Morgan fingerprint density at radius 1 is 1.20 bits per heavy atom. The predicted octanol–water partition coefficient (Wildman–Crippen LogP) is 1.82. The van der Waals surface area contributed by atoms with E-state index in [1.807, 2.05) is 32.9 Å². The topological polar surface area (TPSA) is 95.1 Å². The third-order valence-corrected chi connectivity index (χ3v) is 7.33. The molecule has 0 N–H and O–H groups in total. The van der Waals surface area contributed by atoms with Crippen LogP contribution in [0.3, 0.4) is 0 Å². The minimum absolute atomic E-state index is 0.0549. The minimum atomic E-state index is -3.17. The summed E-state index contributed by atoms with van der Waals surface area (Å²) in [5.41, 5.74) is 1.63. The molecule has 8 nitrogen and oxygen atoms in total. The van der Waals surface area contributed by atoms with Crippen molar-refractivity contribution in [2.75, 3.05) is 29.5 Å². The average molecular weight is 436 g/mol. The largest absolute Gasteiger partial charge is 0.337 e. The van der Waals surface area contributed by atoms with E-state index in [1.165, 1.54) is 9.80 Å². The molecule has 0 spiro atoms. The Balaban J connectivity index is 1.79. The van der Waals surface area contributed by atoms with E-state index >= 15 is 0 Å². The van der Waals surface area contributed by atoms with E-state index in [2.05, 4.69) is 0 Å². The zero-order chi connectivity index (χ0) is 22.2. The lowest BCUT2D eigenvalue weighted by molar-refractivity contribution is -0.138. The number of urea groups is 1. The van der Waals surface area contributed by atoms with Crippen LogP contribution >= 0.6 is 0 Å². The van der Waals surface area contributed by atoms with Crippen molar-refractivity contribution < 1.29 is 22.8 Å². The Morgan fingerprint density at radius 2 is 1.83 bits per heavy atom. The second-order valence-electron chi connectivity index (χ2n) is 8.59. The number of benzene rings is 1. The summed E-state index contributed by atoms with van der Waals surface area (Å²) < 4.78 is 23.8. The first kappa shape index (κ1) is 22.3. The molecule has 1 aromatic rings. The smallest absolute Gasteiger partial charge is 0.332 e. The number of aryl methyl sites for hydroxylation is 1. The number of amides is 4. The molecular weight excluding hydrogens is 406 g/mol. The van der Waals surface area contributed by atoms with Gasteiger partial charge in [0.15, 0.2) is 9.84 Å². The van der Waals surface area contributed by atoms with Crippen molar-refractivity contribution in [2.45, 2.75) is 46.2 Å². The molecule has 0 aliphatic carbocycles. The summed E-state index contributed by atoms with van der Waals surface area (Å²) in [5.74, 6) is -0.716. The maximum absolute atomic E-state index is 13.1. The van der Waals surface area contributed by atoms with Gasteiger partial charge in [0.1, 0.15) is 12.6 Å². The van der Waals surface area contributed by atoms with Crippen LogP contribution in [0.1, 0.15) is 32.8 Å². The molecule has 2 saturated heterocycles. The number of anilines is 1. The van der Waals surface area contributed by atoms with Gasteiger partial charge in [-0.15, -0.1) is 0 Å². The molecule has 2 aliphatic rings. The molecule has 3 rings (SSSR count). The molecule has 0 saturated carbocycles. The van der Waals surface area contributed by atoms with E-state index < -0.39 is 39.8 Å². The summed E-state index contributed by atoms with van der Waals surface area (Å²) in [5, 5.41) is 0. The Morgan fingerprint density at radius 3 is 2.37 bits per heavy atom. The van der Waals surface area contributed by atoms with Crippen LogP contribution in [0.5, 0.6) is 0 Å². The zero-order valence-corrected chi connectivity index (χ0v) is 18.7. The van der Waals surface area contributed by atoms with Crippen LogP contribution in [0, 0.1) is 12.8 Å². The van der Waals surface area contributed by atoms with Gasteiger partial charge in [-0.1, -0.05) is 31.5 Å². The first-order valence-corrected chi connectivity index (χ1v) is 12.0. The summed E-state index contributed by atoms with van der Waals surface area (Å²) >= 11 is 0. The minimum Gasteiger partial charge on any atom is -0.337 e. The molecule has 0 unspecified atom stereocenters. The highest BCUT2D eigenvalue weighted by atomic mass is 32.2. The molecule has 0 aromatic heterocycles. The number of hydrogen-bond donors (Lipinski definition) is 0. The average Bonchev–Trinajstić information content (AvgIpc) is 3.12. The molecule has 0 bridgehead atoms. The number of imide groups is 1. The molecule has 2 fully saturated rings. The van der Waals surface area contributed by atoms with Gasteiger partial charge in [-0.25, -0.2) is 13.2 Å². The molecule has 30 heavy (non-hydrogen) atoms. The third-order valence-electron chi connectivity index (χ3n) is 5.58. The van der Waals surface area contributed by atoms with Gasteiger partial charge >= 0.3 is 6.03 Å². The monoisotopic (exact) mass is 435 g/mol. The van der Waals surface area contributed by atoms with Crippen molar-refractivity contribution in [2.24, 2.45) is 5.92 Å². The second kappa shape index (κ2) is 8.37. The Kier molecular flexibility index (Phi) is 6.21. The van der Waals surface area contributed by atoms with E-state index in [0.29, 0.717) is 18.7 Å². The van der Waals surface area contributed by atoms with Gasteiger partial charge in [0.05, 0.1) is 11.5 Å². The lowest BCUT2D eigenvalue weighted by Gasteiger charge is -2.31. The highest BCUT2D eigenvalue weighted by Gasteiger charge is 2.45. The van der Waals surface area contributed by atoms with Crippen LogP contribution in [0.15, 0.2) is 24.3 Å². The molecule has 0 radical (unpaired) electrons. The number of nitrogens with zero attached hydrogens (tertiary/aromatic N) is 3. The van der Waals surface area contributed by atoms with Crippen LogP contribution in [-0.2, 0) is 19.4 Å². The van der Waals surface area contributed by atoms with Gasteiger partial charge in [0.25, 0.3) is 5.91 Å². The maximum atomic E-state index is 13.1. The summed E-state index contributed by atoms with van der Waals surface area (Å²) in [6.07, 6.45) is 0.384. The van der Waals surface area contributed by atoms with Crippen molar-refractivity contribution in [3.05, 3.63) is 29.8 Å². The normalized spacial score (nSPS) is 23.5. The van der Waals surface area contributed by atoms with Gasteiger partial charge in [0, 0.05) is 18.3 Å². The number of hydrogen-bond acceptors (Lipinski definition) is 5. The Hall–Kier alpha value is -2.42. The second-order valence-corrected chi connectivity index (χ2v) is 10.8. The summed E-state index contributed by atoms with van der Waals surface area (Å²) in [4.78, 5) is 42.7. The number of sulfone groups is 1. The fourth-order valence-corrected chi connectivity index (χ4v) is 5.74. The molecule has 4 amide bonds. The van der Waals surface area contributed by atoms with Crippen molar-refractivity contribution in [1.82, 2.24) is 9.80 Å². The molecule has 164 valence electrons. The van der Waals surface area contributed by atoms with Crippen LogP contribution in [0.4, 0.5) is 10.5 Å². The van der Waals surface area contributed by atoms with Crippen LogP contribution in [0.25, 0.3) is 0 Å². The van der Waals surface area contributed by atoms with Gasteiger partial charge in [-0.2, -0.15) is 0 Å². The first-order valence-electron chi connectivity index (χ1n) is 10.2. The van der Waals surface area contributed by atoms with Crippen LogP contribution < -0.4 is 4.90 Å². The number of carbonyl (C=O) groups is 3. The van der Waals surface area contributed by atoms with E-state index in [4.69, 9.17) is 0 Å². The predicted molar refractivity (Wildman–Crippen MR) is 114 cm³/mol. The Labute approximate surface area is 177 Å². The summed E-state index contributed by atoms with van der Waals surface area (Å²) in [6, 6.07) is 5.61. The fourth-order valence-electron chi connectivity index (χ4n) is 4.01. The van der Waals surface area contributed by atoms with Gasteiger partial charge in [-0.3, -0.25) is 19.4 Å². The van der Waals surface area contributed by atoms with E-state index in [1.54, 1.807) is 19.1 Å². The number of rotatable bonds is 6. The molecule has 1 aromatic carbocycles. The van der Waals surface area contributed by atoms with Crippen LogP contribution in [0.2, 0.25) is 0 Å². The molecular formula is C21H29N3O5S. The Bertz CT molecular complexity index is 942. The molecule has 2 atom stereocenters. The SMILES string of the molecule is Cc1ccc(N2C(=O)N(CC(=O)N(CC(C)C)[C@H]3CCS(=O)(=O)C3)C(=O)[C@H]2C)cc1. The standard InChI is InChI=1S/C21H29N3O5S/c1-14(2)11-22(18-9-10-30(28,29)13-18)19(25)12-23-20(26)16(4)24(21(23)27)17-7-5-15(3)6-8-17/h5-8,14,16,18H,9-13H2,1-4H3/t16-,18+/m1/s1.